The van der Waals surface area contributed by atoms with E-state index in [-0.39, 0.29) is 5.91 Å². The van der Waals surface area contributed by atoms with E-state index < -0.39 is 6.23 Å². The minimum absolute atomic E-state index is 0.132. The Morgan fingerprint density at radius 3 is 1.58 bits per heavy atom. The summed E-state index contributed by atoms with van der Waals surface area (Å²) in [6, 6.07) is 0. The molecule has 1 amide bonds. The highest BCUT2D eigenvalue weighted by Gasteiger charge is 2.01. The van der Waals surface area contributed by atoms with Crippen LogP contribution in [0.25, 0.3) is 0 Å². The number of carbonyl (C=O) groups excluding carboxylic acids is 1. The van der Waals surface area contributed by atoms with Crippen LogP contribution in [-0.2, 0) is 4.79 Å². The van der Waals surface area contributed by atoms with Gasteiger partial charge in [0.1, 0.15) is 6.23 Å². The summed E-state index contributed by atoms with van der Waals surface area (Å²) in [5.41, 5.74) is 0. The standard InChI is InChI=1S/C22H46N2O2/c1-3-4-5-6-7-8-9-10-11-12-13-14-15-16-17-18-22(26)24-20-19-23-21(2)25/h21,23,25H,3-20H2,1-2H3,(H,24,26). The van der Waals surface area contributed by atoms with Crippen LogP contribution in [0.5, 0.6) is 0 Å². The van der Waals surface area contributed by atoms with Crippen LogP contribution in [0.3, 0.4) is 0 Å². The monoisotopic (exact) mass is 370 g/mol. The third kappa shape index (κ3) is 21.4. The first kappa shape index (κ1) is 25.4. The molecule has 0 aliphatic carbocycles. The van der Waals surface area contributed by atoms with Gasteiger partial charge in [0.25, 0.3) is 0 Å². The molecular formula is C22H46N2O2. The fraction of sp³-hybridized carbons (Fsp3) is 0.955. The maximum Gasteiger partial charge on any atom is 0.220 e. The van der Waals surface area contributed by atoms with Crippen LogP contribution < -0.4 is 10.6 Å². The number of aliphatic hydroxyl groups excluding tert-OH is 1. The van der Waals surface area contributed by atoms with Crippen LogP contribution in [0, 0.1) is 0 Å². The maximum atomic E-state index is 11.6. The van der Waals surface area contributed by atoms with Crippen molar-refractivity contribution in [1.29, 1.82) is 0 Å². The lowest BCUT2D eigenvalue weighted by Crippen LogP contribution is -2.35. The second-order valence-corrected chi connectivity index (χ2v) is 7.68. The zero-order valence-electron chi connectivity index (χ0n) is 17.7. The Kier molecular flexibility index (Phi) is 20.2. The first-order chi connectivity index (χ1) is 12.7. The number of nitrogens with one attached hydrogen (secondary N) is 2. The number of carbonyl (C=O) groups is 1. The molecule has 156 valence electrons. The van der Waals surface area contributed by atoms with Gasteiger partial charge in [-0.1, -0.05) is 96.8 Å². The molecule has 0 aromatic rings. The Morgan fingerprint density at radius 1 is 0.731 bits per heavy atom. The third-order valence-electron chi connectivity index (χ3n) is 4.89. The van der Waals surface area contributed by atoms with Crippen LogP contribution in [-0.4, -0.2) is 30.3 Å². The van der Waals surface area contributed by atoms with Crippen molar-refractivity contribution in [2.75, 3.05) is 13.1 Å². The van der Waals surface area contributed by atoms with Crippen molar-refractivity contribution in [1.82, 2.24) is 10.6 Å². The molecule has 0 bridgehead atoms. The fourth-order valence-electron chi connectivity index (χ4n) is 3.23. The van der Waals surface area contributed by atoms with E-state index in [0.29, 0.717) is 19.5 Å². The molecule has 4 nitrogen and oxygen atoms in total. The van der Waals surface area contributed by atoms with E-state index in [9.17, 15) is 4.79 Å². The molecule has 0 aliphatic rings. The Bertz CT molecular complexity index is 296. The number of hydrogen-bond acceptors (Lipinski definition) is 3. The summed E-state index contributed by atoms with van der Waals surface area (Å²) in [7, 11) is 0. The van der Waals surface area contributed by atoms with Gasteiger partial charge in [0, 0.05) is 19.5 Å². The number of aliphatic hydroxyl groups is 1. The normalized spacial score (nSPS) is 12.3. The molecule has 0 aromatic carbocycles. The zero-order valence-corrected chi connectivity index (χ0v) is 17.7. The van der Waals surface area contributed by atoms with Gasteiger partial charge in [-0.25, -0.2) is 0 Å². The SMILES string of the molecule is CCCCCCCCCCCCCCCCCC(=O)NCCNC(C)O. The average Bonchev–Trinajstić information content (AvgIpc) is 2.62. The van der Waals surface area contributed by atoms with Gasteiger partial charge in [-0.2, -0.15) is 0 Å². The van der Waals surface area contributed by atoms with E-state index in [2.05, 4.69) is 17.6 Å². The lowest BCUT2D eigenvalue weighted by molar-refractivity contribution is -0.121. The highest BCUT2D eigenvalue weighted by atomic mass is 16.3. The zero-order chi connectivity index (χ0) is 19.3. The van der Waals surface area contributed by atoms with Crippen molar-refractivity contribution in [3.63, 3.8) is 0 Å². The van der Waals surface area contributed by atoms with Gasteiger partial charge in [0.05, 0.1) is 0 Å². The molecular weight excluding hydrogens is 324 g/mol. The Balaban J connectivity index is 3.11. The average molecular weight is 371 g/mol. The van der Waals surface area contributed by atoms with Gasteiger partial charge in [-0.3, -0.25) is 10.1 Å². The fourth-order valence-corrected chi connectivity index (χ4v) is 3.23. The quantitative estimate of drug-likeness (QED) is 0.201. The molecule has 0 aromatic heterocycles. The smallest absolute Gasteiger partial charge is 0.220 e. The summed E-state index contributed by atoms with van der Waals surface area (Å²) in [6.45, 7) is 5.15. The van der Waals surface area contributed by atoms with E-state index in [1.165, 1.54) is 83.5 Å². The lowest BCUT2D eigenvalue weighted by atomic mass is 10.0. The van der Waals surface area contributed by atoms with Crippen molar-refractivity contribution in [2.24, 2.45) is 0 Å². The number of amides is 1. The largest absolute Gasteiger partial charge is 0.379 e. The Morgan fingerprint density at radius 2 is 1.15 bits per heavy atom. The van der Waals surface area contributed by atoms with Crippen LogP contribution in [0.15, 0.2) is 0 Å². The first-order valence-electron chi connectivity index (χ1n) is 11.3. The topological polar surface area (TPSA) is 61.4 Å². The van der Waals surface area contributed by atoms with Crippen LogP contribution >= 0.6 is 0 Å². The number of hydrogen-bond donors (Lipinski definition) is 3. The highest BCUT2D eigenvalue weighted by Crippen LogP contribution is 2.13. The second-order valence-electron chi connectivity index (χ2n) is 7.68. The van der Waals surface area contributed by atoms with E-state index in [4.69, 9.17) is 5.11 Å². The molecule has 4 heteroatoms. The number of rotatable bonds is 20. The molecule has 0 heterocycles. The van der Waals surface area contributed by atoms with Gasteiger partial charge in [0.2, 0.25) is 5.91 Å². The van der Waals surface area contributed by atoms with Crippen molar-refractivity contribution in [3.8, 4) is 0 Å². The van der Waals surface area contributed by atoms with Crippen molar-refractivity contribution in [3.05, 3.63) is 0 Å². The molecule has 0 saturated carbocycles. The molecule has 0 radical (unpaired) electrons. The predicted octanol–water partition coefficient (Wildman–Crippen LogP) is 5.29. The maximum absolute atomic E-state index is 11.6. The molecule has 1 atom stereocenters. The van der Waals surface area contributed by atoms with Gasteiger partial charge >= 0.3 is 0 Å². The minimum atomic E-state index is -0.512. The summed E-state index contributed by atoms with van der Waals surface area (Å²) in [6.07, 6.45) is 20.3. The molecule has 0 aliphatic heterocycles. The van der Waals surface area contributed by atoms with Gasteiger partial charge in [-0.05, 0) is 13.3 Å². The van der Waals surface area contributed by atoms with E-state index in [0.717, 1.165) is 12.8 Å². The molecule has 3 N–H and O–H groups in total. The summed E-state index contributed by atoms with van der Waals surface area (Å²) in [4.78, 5) is 11.6. The van der Waals surface area contributed by atoms with Gasteiger partial charge < -0.3 is 10.4 Å². The molecule has 0 rings (SSSR count). The molecule has 0 fully saturated rings. The third-order valence-corrected chi connectivity index (χ3v) is 4.89. The van der Waals surface area contributed by atoms with Gasteiger partial charge in [0.15, 0.2) is 0 Å². The lowest BCUT2D eigenvalue weighted by Gasteiger charge is -2.08. The second kappa shape index (κ2) is 20.7. The van der Waals surface area contributed by atoms with Crippen molar-refractivity contribution < 1.29 is 9.90 Å². The van der Waals surface area contributed by atoms with E-state index >= 15 is 0 Å². The van der Waals surface area contributed by atoms with Gasteiger partial charge in [-0.15, -0.1) is 0 Å². The summed E-state index contributed by atoms with van der Waals surface area (Å²) < 4.78 is 0. The van der Waals surface area contributed by atoms with E-state index in [1.807, 2.05) is 0 Å². The number of unbranched alkanes of at least 4 members (excludes halogenated alkanes) is 14. The van der Waals surface area contributed by atoms with Crippen molar-refractivity contribution in [2.45, 2.75) is 123 Å². The predicted molar refractivity (Wildman–Crippen MR) is 112 cm³/mol. The molecule has 0 spiro atoms. The van der Waals surface area contributed by atoms with Crippen molar-refractivity contribution >= 4 is 5.91 Å². The Hall–Kier alpha value is -0.610. The summed E-state index contributed by atoms with van der Waals surface area (Å²) in [5, 5.41) is 14.8. The van der Waals surface area contributed by atoms with Crippen LogP contribution in [0.4, 0.5) is 0 Å². The Labute approximate surface area is 162 Å². The van der Waals surface area contributed by atoms with Crippen LogP contribution in [0.2, 0.25) is 0 Å². The first-order valence-corrected chi connectivity index (χ1v) is 11.3. The van der Waals surface area contributed by atoms with Crippen LogP contribution in [0.1, 0.15) is 117 Å². The summed E-state index contributed by atoms with van der Waals surface area (Å²) in [5.74, 6) is 0.132. The summed E-state index contributed by atoms with van der Waals surface area (Å²) >= 11 is 0. The molecule has 26 heavy (non-hydrogen) atoms. The minimum Gasteiger partial charge on any atom is -0.379 e. The highest BCUT2D eigenvalue weighted by molar-refractivity contribution is 5.75. The molecule has 1 unspecified atom stereocenters. The van der Waals surface area contributed by atoms with E-state index in [1.54, 1.807) is 6.92 Å². The molecule has 0 saturated heterocycles.